The molecule has 0 bridgehead atoms. The second kappa shape index (κ2) is 7.18. The minimum atomic E-state index is -1.78. The molecule has 15 heavy (non-hydrogen) atoms. The second-order valence-electron chi connectivity index (χ2n) is 2.99. The Hall–Kier alpha value is 0.785. The van der Waals surface area contributed by atoms with E-state index in [0.717, 1.165) is 0 Å². The molecule has 0 aromatic heterocycles. The Balaban J connectivity index is 0.00000196. The molecule has 7 nitrogen and oxygen atoms in total. The molecule has 1 fully saturated rings. The summed E-state index contributed by atoms with van der Waals surface area (Å²) in [5.74, 6) is 0. The molecule has 1 rings (SSSR count). The second-order valence-corrected chi connectivity index (χ2v) is 2.99. The van der Waals surface area contributed by atoms with Crippen molar-refractivity contribution in [1.29, 1.82) is 0 Å². The molecule has 82 valence electrons. The van der Waals surface area contributed by atoms with Crippen LogP contribution in [-0.4, -0.2) is 65.4 Å². The minimum absolute atomic E-state index is 0. The van der Waals surface area contributed by atoms with Crippen molar-refractivity contribution in [1.82, 2.24) is 0 Å². The molecule has 1 aliphatic rings. The molecule has 4 N–H and O–H groups in total. The number of hydrogen-bond acceptors (Lipinski definition) is 7. The van der Waals surface area contributed by atoms with E-state index in [-0.39, 0.29) is 29.6 Å². The molecule has 1 saturated heterocycles. The van der Waals surface area contributed by atoms with Gasteiger partial charge in [-0.1, -0.05) is 0 Å². The summed E-state index contributed by atoms with van der Waals surface area (Å²) in [5.41, 5.74) is 0. The average molecular weight is 230 g/mol. The van der Waals surface area contributed by atoms with Crippen molar-refractivity contribution in [2.45, 2.75) is 24.4 Å². The van der Waals surface area contributed by atoms with E-state index < -0.39 is 45.0 Å². The van der Waals surface area contributed by atoms with Crippen molar-refractivity contribution < 1.29 is 64.3 Å². The summed E-state index contributed by atoms with van der Waals surface area (Å²) in [6.07, 6.45) is -4.99. The van der Waals surface area contributed by atoms with Crippen LogP contribution in [0.4, 0.5) is 0 Å². The van der Waals surface area contributed by atoms with Gasteiger partial charge in [0.2, 0.25) is 0 Å². The van der Waals surface area contributed by atoms with Gasteiger partial charge in [0.05, 0.1) is 25.4 Å². The monoisotopic (exact) mass is 230 g/mol. The first-order valence-corrected chi connectivity index (χ1v) is 4.14. The summed E-state index contributed by atoms with van der Waals surface area (Å²) < 4.78 is 9.15. The summed E-state index contributed by atoms with van der Waals surface area (Å²) in [5, 5.41) is 46.5. The van der Waals surface area contributed by atoms with Crippen molar-refractivity contribution in [3.05, 3.63) is 0 Å². The van der Waals surface area contributed by atoms with Crippen LogP contribution in [0, 0.1) is 0 Å². The molecule has 1 aliphatic heterocycles. The Bertz CT molecular complexity index is 185. The Kier molecular flexibility index (Phi) is 7.55. The van der Waals surface area contributed by atoms with Gasteiger partial charge in [0.15, 0.2) is 0 Å². The average Bonchev–Trinajstić information content (AvgIpc) is 2.57. The third-order valence-electron chi connectivity index (χ3n) is 2.02. The quantitative estimate of drug-likeness (QED) is 0.354. The normalized spacial score (nSPS) is 29.8. The molecular formula is C6H12BNaO7. The fourth-order valence-corrected chi connectivity index (χ4v) is 1.24. The third-order valence-corrected chi connectivity index (χ3v) is 2.02. The molecule has 0 spiro atoms. The predicted molar refractivity (Wildman–Crippen MR) is 41.7 cm³/mol. The van der Waals surface area contributed by atoms with Gasteiger partial charge in [-0.25, -0.2) is 0 Å². The molecule has 0 amide bonds. The number of hydrogen-bond donors (Lipinski definition) is 4. The van der Waals surface area contributed by atoms with Crippen LogP contribution in [0.1, 0.15) is 0 Å². The van der Waals surface area contributed by atoms with Gasteiger partial charge in [-0.15, -0.1) is 0 Å². The van der Waals surface area contributed by atoms with Crippen LogP contribution < -0.4 is 34.6 Å². The van der Waals surface area contributed by atoms with Gasteiger partial charge in [-0.3, -0.25) is 0 Å². The van der Waals surface area contributed by atoms with E-state index in [1.807, 2.05) is 0 Å². The van der Waals surface area contributed by atoms with Gasteiger partial charge in [0.1, 0.15) is 12.2 Å². The topological polar surface area (TPSA) is 122 Å². The molecule has 4 unspecified atom stereocenters. The first-order valence-electron chi connectivity index (χ1n) is 4.14. The van der Waals surface area contributed by atoms with Gasteiger partial charge in [0, 0.05) is 0 Å². The Labute approximate surface area is 109 Å². The maximum Gasteiger partial charge on any atom is 1.00 e. The first kappa shape index (κ1) is 15.8. The molecule has 0 radical (unpaired) electrons. The molecule has 1 heterocycles. The zero-order chi connectivity index (χ0) is 10.7. The fraction of sp³-hybridized carbons (Fsp3) is 1.00. The van der Waals surface area contributed by atoms with Crippen LogP contribution in [0.5, 0.6) is 0 Å². The molecule has 9 heteroatoms. The maximum atomic E-state index is 10.7. The molecule has 0 aliphatic carbocycles. The summed E-state index contributed by atoms with van der Waals surface area (Å²) in [6, 6.07) is 0. The summed E-state index contributed by atoms with van der Waals surface area (Å²) in [7, 11) is -1.78. The van der Waals surface area contributed by atoms with Gasteiger partial charge >= 0.3 is 36.9 Å². The van der Waals surface area contributed by atoms with Crippen LogP contribution in [-0.2, 0) is 9.31 Å². The van der Waals surface area contributed by atoms with Crippen LogP contribution in [0.2, 0.25) is 0 Å². The maximum absolute atomic E-state index is 10.7. The van der Waals surface area contributed by atoms with Gasteiger partial charge in [0.25, 0.3) is 0 Å². The minimum Gasteiger partial charge on any atom is -0.832 e. The van der Waals surface area contributed by atoms with E-state index in [1.54, 1.807) is 0 Å². The van der Waals surface area contributed by atoms with E-state index in [2.05, 4.69) is 9.31 Å². The zero-order valence-electron chi connectivity index (χ0n) is 8.31. The Morgan fingerprint density at radius 2 is 1.87 bits per heavy atom. The van der Waals surface area contributed by atoms with E-state index >= 15 is 0 Å². The van der Waals surface area contributed by atoms with E-state index in [4.69, 9.17) is 15.3 Å². The van der Waals surface area contributed by atoms with Crippen molar-refractivity contribution >= 4 is 7.32 Å². The van der Waals surface area contributed by atoms with E-state index in [0.29, 0.717) is 0 Å². The van der Waals surface area contributed by atoms with Crippen LogP contribution >= 0.6 is 0 Å². The number of rotatable bonds is 4. The molecular weight excluding hydrogens is 218 g/mol. The standard InChI is InChI=1S/C6H12BO7.Na/c8-1-3(10)5(11)6-4(2-9)13-7(12)14-6;/h3-6,8-11H,1-2H2;/q-1;+1. The number of aliphatic hydroxyl groups excluding tert-OH is 4. The van der Waals surface area contributed by atoms with Gasteiger partial charge < -0.3 is 34.8 Å². The first-order chi connectivity index (χ1) is 6.60. The van der Waals surface area contributed by atoms with E-state index in [9.17, 15) is 10.1 Å². The Morgan fingerprint density at radius 3 is 2.33 bits per heavy atom. The van der Waals surface area contributed by atoms with Gasteiger partial charge in [-0.2, -0.15) is 0 Å². The summed E-state index contributed by atoms with van der Waals surface area (Å²) in [6.45, 7) is -1.17. The predicted octanol–water partition coefficient (Wildman–Crippen LogP) is -7.17. The third kappa shape index (κ3) is 3.93. The van der Waals surface area contributed by atoms with Gasteiger partial charge in [-0.05, 0) is 0 Å². The van der Waals surface area contributed by atoms with E-state index in [1.165, 1.54) is 0 Å². The number of aliphatic hydroxyl groups is 4. The smallest absolute Gasteiger partial charge is 0.832 e. The zero-order valence-corrected chi connectivity index (χ0v) is 10.3. The summed E-state index contributed by atoms with van der Waals surface area (Å²) >= 11 is 0. The SMILES string of the molecule is [Na+].[O-]B1OC(CO)C(C(O)C(O)CO)O1. The summed E-state index contributed by atoms with van der Waals surface area (Å²) in [4.78, 5) is 0. The van der Waals surface area contributed by atoms with Crippen molar-refractivity contribution in [2.24, 2.45) is 0 Å². The van der Waals surface area contributed by atoms with Crippen molar-refractivity contribution in [2.75, 3.05) is 13.2 Å². The fourth-order valence-electron chi connectivity index (χ4n) is 1.24. The van der Waals surface area contributed by atoms with Crippen LogP contribution in [0.25, 0.3) is 0 Å². The molecule has 0 aromatic rings. The molecule has 0 aromatic carbocycles. The Morgan fingerprint density at radius 1 is 1.27 bits per heavy atom. The van der Waals surface area contributed by atoms with Crippen molar-refractivity contribution in [3.63, 3.8) is 0 Å². The van der Waals surface area contributed by atoms with Crippen LogP contribution in [0.3, 0.4) is 0 Å². The van der Waals surface area contributed by atoms with Crippen molar-refractivity contribution in [3.8, 4) is 0 Å². The molecule has 0 saturated carbocycles. The molecule has 4 atom stereocenters. The largest absolute Gasteiger partial charge is 1.00 e. The van der Waals surface area contributed by atoms with Crippen LogP contribution in [0.15, 0.2) is 0 Å².